The Bertz CT molecular complexity index is 274. The summed E-state index contributed by atoms with van der Waals surface area (Å²) >= 11 is 0. The number of rotatable bonds is 6. The molecule has 0 radical (unpaired) electrons. The SMILES string of the molecule is C=CCN(C(=O)C(N)CC(N)=O)C1CC1. The molecule has 0 saturated heterocycles. The maximum absolute atomic E-state index is 11.8. The van der Waals surface area contributed by atoms with E-state index in [0.29, 0.717) is 6.54 Å². The second kappa shape index (κ2) is 4.93. The van der Waals surface area contributed by atoms with Gasteiger partial charge in [-0.15, -0.1) is 6.58 Å². The van der Waals surface area contributed by atoms with Crippen LogP contribution in [0.3, 0.4) is 0 Å². The largest absolute Gasteiger partial charge is 0.370 e. The molecule has 0 aromatic carbocycles. The average molecular weight is 211 g/mol. The summed E-state index contributed by atoms with van der Waals surface area (Å²) in [5, 5.41) is 0. The molecule has 1 fully saturated rings. The topological polar surface area (TPSA) is 89.4 Å². The predicted molar refractivity (Wildman–Crippen MR) is 56.7 cm³/mol. The molecule has 2 amide bonds. The summed E-state index contributed by atoms with van der Waals surface area (Å²) in [6.45, 7) is 4.07. The van der Waals surface area contributed by atoms with Crippen LogP contribution in [0.25, 0.3) is 0 Å². The number of carbonyl (C=O) groups excluding carboxylic acids is 2. The molecule has 1 aliphatic rings. The molecular formula is C10H17N3O2. The lowest BCUT2D eigenvalue weighted by atomic mass is 10.2. The van der Waals surface area contributed by atoms with Gasteiger partial charge in [0.05, 0.1) is 12.5 Å². The zero-order valence-electron chi connectivity index (χ0n) is 8.69. The Balaban J connectivity index is 2.54. The quantitative estimate of drug-likeness (QED) is 0.573. The Hall–Kier alpha value is -1.36. The third-order valence-electron chi connectivity index (χ3n) is 2.33. The van der Waals surface area contributed by atoms with Gasteiger partial charge in [-0.1, -0.05) is 6.08 Å². The second-order valence-electron chi connectivity index (χ2n) is 3.79. The molecule has 1 saturated carbocycles. The zero-order chi connectivity index (χ0) is 11.4. The monoisotopic (exact) mass is 211 g/mol. The minimum Gasteiger partial charge on any atom is -0.370 e. The van der Waals surface area contributed by atoms with Crippen molar-refractivity contribution in [1.82, 2.24) is 4.90 Å². The standard InChI is InChI=1S/C10H17N3O2/c1-2-5-13(7-3-4-7)10(15)8(11)6-9(12)14/h2,7-8H,1,3-6,11H2,(H2,12,14). The number of carbonyl (C=O) groups is 2. The van der Waals surface area contributed by atoms with Crippen LogP contribution in [0.4, 0.5) is 0 Å². The molecule has 1 aliphatic carbocycles. The maximum atomic E-state index is 11.8. The Morgan fingerprint density at radius 1 is 1.53 bits per heavy atom. The van der Waals surface area contributed by atoms with Gasteiger partial charge < -0.3 is 16.4 Å². The van der Waals surface area contributed by atoms with Crippen LogP contribution in [0.2, 0.25) is 0 Å². The molecule has 0 aromatic heterocycles. The molecule has 0 bridgehead atoms. The maximum Gasteiger partial charge on any atom is 0.240 e. The van der Waals surface area contributed by atoms with Gasteiger partial charge in [0.2, 0.25) is 11.8 Å². The molecule has 5 heteroatoms. The Morgan fingerprint density at radius 2 is 2.13 bits per heavy atom. The van der Waals surface area contributed by atoms with Crippen molar-refractivity contribution in [2.75, 3.05) is 6.54 Å². The van der Waals surface area contributed by atoms with Crippen molar-refractivity contribution in [1.29, 1.82) is 0 Å². The van der Waals surface area contributed by atoms with Gasteiger partial charge in [-0.3, -0.25) is 9.59 Å². The van der Waals surface area contributed by atoms with E-state index >= 15 is 0 Å². The van der Waals surface area contributed by atoms with Gasteiger partial charge in [0.1, 0.15) is 0 Å². The Labute approximate surface area is 89.1 Å². The highest BCUT2D eigenvalue weighted by Crippen LogP contribution is 2.27. The van der Waals surface area contributed by atoms with Crippen molar-refractivity contribution in [3.8, 4) is 0 Å². The van der Waals surface area contributed by atoms with E-state index in [1.807, 2.05) is 0 Å². The van der Waals surface area contributed by atoms with E-state index < -0.39 is 11.9 Å². The lowest BCUT2D eigenvalue weighted by Gasteiger charge is -2.23. The van der Waals surface area contributed by atoms with E-state index in [1.54, 1.807) is 11.0 Å². The Kier molecular flexibility index (Phi) is 3.85. The van der Waals surface area contributed by atoms with E-state index in [1.165, 1.54) is 0 Å². The number of amides is 2. The molecule has 0 spiro atoms. The van der Waals surface area contributed by atoms with Crippen LogP contribution in [0.1, 0.15) is 19.3 Å². The Morgan fingerprint density at radius 3 is 2.53 bits per heavy atom. The molecule has 1 rings (SSSR count). The van der Waals surface area contributed by atoms with E-state index in [4.69, 9.17) is 11.5 Å². The highest BCUT2D eigenvalue weighted by molar-refractivity contribution is 5.88. The van der Waals surface area contributed by atoms with Crippen molar-refractivity contribution in [3.05, 3.63) is 12.7 Å². The van der Waals surface area contributed by atoms with Crippen LogP contribution in [0.15, 0.2) is 12.7 Å². The van der Waals surface area contributed by atoms with Crippen LogP contribution in [-0.4, -0.2) is 35.3 Å². The minimum absolute atomic E-state index is 0.0980. The highest BCUT2D eigenvalue weighted by Gasteiger charge is 2.34. The molecular weight excluding hydrogens is 194 g/mol. The van der Waals surface area contributed by atoms with Crippen LogP contribution in [-0.2, 0) is 9.59 Å². The van der Waals surface area contributed by atoms with Gasteiger partial charge in [0.25, 0.3) is 0 Å². The first-order valence-corrected chi connectivity index (χ1v) is 5.01. The number of hydrogen-bond acceptors (Lipinski definition) is 3. The fraction of sp³-hybridized carbons (Fsp3) is 0.600. The molecule has 4 N–H and O–H groups in total. The van der Waals surface area contributed by atoms with E-state index in [0.717, 1.165) is 12.8 Å². The van der Waals surface area contributed by atoms with Crippen molar-refractivity contribution in [2.45, 2.75) is 31.3 Å². The normalized spacial score (nSPS) is 16.9. The average Bonchev–Trinajstić information content (AvgIpc) is 2.95. The molecule has 1 unspecified atom stereocenters. The lowest BCUT2D eigenvalue weighted by molar-refractivity contribution is -0.134. The molecule has 0 heterocycles. The summed E-state index contributed by atoms with van der Waals surface area (Å²) in [6.07, 6.45) is 3.57. The number of nitrogens with zero attached hydrogens (tertiary/aromatic N) is 1. The fourth-order valence-electron chi connectivity index (χ4n) is 1.46. The molecule has 5 nitrogen and oxygen atoms in total. The molecule has 1 atom stereocenters. The van der Waals surface area contributed by atoms with Crippen molar-refractivity contribution in [3.63, 3.8) is 0 Å². The summed E-state index contributed by atoms with van der Waals surface area (Å²) in [7, 11) is 0. The zero-order valence-corrected chi connectivity index (χ0v) is 8.69. The van der Waals surface area contributed by atoms with E-state index in [2.05, 4.69) is 6.58 Å². The second-order valence-corrected chi connectivity index (χ2v) is 3.79. The van der Waals surface area contributed by atoms with Gasteiger partial charge in [-0.05, 0) is 12.8 Å². The summed E-state index contributed by atoms with van der Waals surface area (Å²) in [5.74, 6) is -0.763. The summed E-state index contributed by atoms with van der Waals surface area (Å²) < 4.78 is 0. The minimum atomic E-state index is -0.817. The van der Waals surface area contributed by atoms with Gasteiger partial charge in [0.15, 0.2) is 0 Å². The first kappa shape index (κ1) is 11.7. The summed E-state index contributed by atoms with van der Waals surface area (Å²) in [5.41, 5.74) is 10.6. The van der Waals surface area contributed by atoms with Gasteiger partial charge in [-0.25, -0.2) is 0 Å². The van der Waals surface area contributed by atoms with E-state index in [9.17, 15) is 9.59 Å². The third kappa shape index (κ3) is 3.36. The number of nitrogens with two attached hydrogens (primary N) is 2. The summed E-state index contributed by atoms with van der Waals surface area (Å²) in [4.78, 5) is 24.1. The fourth-order valence-corrected chi connectivity index (χ4v) is 1.46. The number of primary amides is 1. The van der Waals surface area contributed by atoms with Crippen LogP contribution >= 0.6 is 0 Å². The smallest absolute Gasteiger partial charge is 0.240 e. The van der Waals surface area contributed by atoms with Crippen molar-refractivity contribution < 1.29 is 9.59 Å². The first-order chi connectivity index (χ1) is 7.06. The first-order valence-electron chi connectivity index (χ1n) is 5.01. The molecule has 0 aliphatic heterocycles. The molecule has 84 valence electrons. The van der Waals surface area contributed by atoms with Crippen molar-refractivity contribution in [2.24, 2.45) is 11.5 Å². The summed E-state index contributed by atoms with van der Waals surface area (Å²) in [6, 6.07) is -0.544. The van der Waals surface area contributed by atoms with Crippen LogP contribution in [0.5, 0.6) is 0 Å². The van der Waals surface area contributed by atoms with Crippen LogP contribution < -0.4 is 11.5 Å². The third-order valence-corrected chi connectivity index (χ3v) is 2.33. The van der Waals surface area contributed by atoms with Gasteiger partial charge >= 0.3 is 0 Å². The van der Waals surface area contributed by atoms with Crippen molar-refractivity contribution >= 4 is 11.8 Å². The highest BCUT2D eigenvalue weighted by atomic mass is 16.2. The predicted octanol–water partition coefficient (Wildman–Crippen LogP) is -0.634. The molecule has 15 heavy (non-hydrogen) atoms. The lowest BCUT2D eigenvalue weighted by Crippen LogP contribution is -2.46. The van der Waals surface area contributed by atoms with E-state index in [-0.39, 0.29) is 18.4 Å². The van der Waals surface area contributed by atoms with Gasteiger partial charge in [0, 0.05) is 12.6 Å². The van der Waals surface area contributed by atoms with Gasteiger partial charge in [-0.2, -0.15) is 0 Å². The van der Waals surface area contributed by atoms with Crippen LogP contribution in [0, 0.1) is 0 Å². The number of hydrogen-bond donors (Lipinski definition) is 2. The molecule has 0 aromatic rings.